The van der Waals surface area contributed by atoms with Gasteiger partial charge in [0.2, 0.25) is 0 Å². The summed E-state index contributed by atoms with van der Waals surface area (Å²) in [6.45, 7) is 8.83. The molecule has 1 aliphatic rings. The molecule has 0 saturated carbocycles. The van der Waals surface area contributed by atoms with E-state index in [0.29, 0.717) is 6.04 Å². The third kappa shape index (κ3) is 3.32. The van der Waals surface area contributed by atoms with Crippen molar-refractivity contribution in [1.29, 1.82) is 0 Å². The first-order chi connectivity index (χ1) is 7.74. The molecule has 1 aromatic heterocycles. The van der Waals surface area contributed by atoms with Gasteiger partial charge in [-0.05, 0) is 39.8 Å². The normalized spacial score (nSPS) is 19.1. The topological polar surface area (TPSA) is 44.0 Å². The summed E-state index contributed by atoms with van der Waals surface area (Å²) in [6, 6.07) is 0.543. The number of aromatic amines is 1. The molecule has 0 amide bonds. The number of nitrogens with zero attached hydrogens (tertiary/aromatic N) is 2. The smallest absolute Gasteiger partial charge is 0.103 e. The lowest BCUT2D eigenvalue weighted by atomic mass is 10.3. The zero-order valence-corrected chi connectivity index (χ0v) is 10.3. The number of nitrogens with one attached hydrogen (secondary N) is 2. The Balaban J connectivity index is 1.68. The van der Waals surface area contributed by atoms with Gasteiger partial charge in [-0.25, -0.2) is 4.98 Å². The van der Waals surface area contributed by atoms with Crippen LogP contribution in [-0.2, 0) is 6.54 Å². The maximum absolute atomic E-state index is 4.19. The summed E-state index contributed by atoms with van der Waals surface area (Å²) in [4.78, 5) is 9.97. The minimum absolute atomic E-state index is 0.543. The van der Waals surface area contributed by atoms with E-state index < -0.39 is 0 Å². The Morgan fingerprint density at radius 1 is 1.50 bits per heavy atom. The molecule has 0 radical (unpaired) electrons. The van der Waals surface area contributed by atoms with Gasteiger partial charge in [-0.2, -0.15) is 0 Å². The molecular weight excluding hydrogens is 200 g/mol. The van der Waals surface area contributed by atoms with Crippen molar-refractivity contribution in [3.8, 4) is 0 Å². The molecule has 16 heavy (non-hydrogen) atoms. The summed E-state index contributed by atoms with van der Waals surface area (Å²) < 4.78 is 0. The first kappa shape index (κ1) is 11.6. The third-order valence-corrected chi connectivity index (χ3v) is 3.13. The second-order valence-corrected chi connectivity index (χ2v) is 4.78. The Morgan fingerprint density at radius 2 is 2.25 bits per heavy atom. The number of rotatable bonds is 5. The van der Waals surface area contributed by atoms with Gasteiger partial charge < -0.3 is 15.2 Å². The van der Waals surface area contributed by atoms with Crippen LogP contribution in [0.2, 0.25) is 0 Å². The number of hydrogen-bond donors (Lipinski definition) is 2. The standard InChI is InChI=1S/C12H22N4/c1-10(9-16-5-3-4-6-16)13-7-12-8-14-11(2)15-12/h8,10,13H,3-7,9H2,1-2H3,(H,14,15). The molecule has 0 bridgehead atoms. The highest BCUT2D eigenvalue weighted by molar-refractivity contribution is 4.99. The lowest BCUT2D eigenvalue weighted by Gasteiger charge is -2.20. The van der Waals surface area contributed by atoms with E-state index in [1.807, 2.05) is 13.1 Å². The number of hydrogen-bond acceptors (Lipinski definition) is 3. The molecule has 1 unspecified atom stereocenters. The van der Waals surface area contributed by atoms with Gasteiger partial charge in [-0.1, -0.05) is 0 Å². The van der Waals surface area contributed by atoms with Crippen molar-refractivity contribution in [1.82, 2.24) is 20.2 Å². The highest BCUT2D eigenvalue weighted by Crippen LogP contribution is 2.07. The van der Waals surface area contributed by atoms with E-state index >= 15 is 0 Å². The molecule has 1 fully saturated rings. The number of aromatic nitrogens is 2. The van der Waals surface area contributed by atoms with Crippen LogP contribution in [0.5, 0.6) is 0 Å². The summed E-state index contributed by atoms with van der Waals surface area (Å²) in [5.74, 6) is 0.990. The van der Waals surface area contributed by atoms with Crippen molar-refractivity contribution in [2.45, 2.75) is 39.3 Å². The maximum Gasteiger partial charge on any atom is 0.103 e. The van der Waals surface area contributed by atoms with E-state index in [1.165, 1.54) is 31.6 Å². The van der Waals surface area contributed by atoms with E-state index in [2.05, 4.69) is 27.1 Å². The quantitative estimate of drug-likeness (QED) is 0.789. The number of H-pyrrole nitrogens is 1. The maximum atomic E-state index is 4.19. The van der Waals surface area contributed by atoms with Crippen molar-refractivity contribution < 1.29 is 0 Å². The molecule has 4 nitrogen and oxygen atoms in total. The Hall–Kier alpha value is -0.870. The number of imidazole rings is 1. The third-order valence-electron chi connectivity index (χ3n) is 3.13. The fourth-order valence-electron chi connectivity index (χ4n) is 2.26. The molecule has 2 rings (SSSR count). The van der Waals surface area contributed by atoms with Gasteiger partial charge in [0, 0.05) is 31.0 Å². The van der Waals surface area contributed by atoms with Gasteiger partial charge in [-0.3, -0.25) is 0 Å². The van der Waals surface area contributed by atoms with Crippen LogP contribution in [0.3, 0.4) is 0 Å². The van der Waals surface area contributed by atoms with Crippen molar-refractivity contribution >= 4 is 0 Å². The predicted octanol–water partition coefficient (Wildman–Crippen LogP) is 1.29. The largest absolute Gasteiger partial charge is 0.345 e. The Morgan fingerprint density at radius 3 is 2.88 bits per heavy atom. The van der Waals surface area contributed by atoms with Crippen LogP contribution >= 0.6 is 0 Å². The molecule has 1 aliphatic heterocycles. The van der Waals surface area contributed by atoms with Crippen molar-refractivity contribution in [2.24, 2.45) is 0 Å². The van der Waals surface area contributed by atoms with E-state index in [1.54, 1.807) is 0 Å². The summed E-state index contributed by atoms with van der Waals surface area (Å²) in [7, 11) is 0. The molecule has 0 aliphatic carbocycles. The Bertz CT molecular complexity index is 315. The molecule has 0 spiro atoms. The van der Waals surface area contributed by atoms with E-state index in [9.17, 15) is 0 Å². The van der Waals surface area contributed by atoms with Gasteiger partial charge in [0.05, 0.1) is 0 Å². The van der Waals surface area contributed by atoms with Crippen LogP contribution in [0.15, 0.2) is 6.20 Å². The monoisotopic (exact) mass is 222 g/mol. The van der Waals surface area contributed by atoms with Crippen molar-refractivity contribution in [3.63, 3.8) is 0 Å². The zero-order valence-electron chi connectivity index (χ0n) is 10.3. The molecule has 0 aromatic carbocycles. The van der Waals surface area contributed by atoms with Crippen LogP contribution in [0.1, 0.15) is 31.3 Å². The first-order valence-corrected chi connectivity index (χ1v) is 6.20. The highest BCUT2D eigenvalue weighted by atomic mass is 15.2. The van der Waals surface area contributed by atoms with Crippen molar-refractivity contribution in [3.05, 3.63) is 17.7 Å². The molecule has 2 N–H and O–H groups in total. The van der Waals surface area contributed by atoms with Gasteiger partial charge in [0.15, 0.2) is 0 Å². The van der Waals surface area contributed by atoms with Gasteiger partial charge in [-0.15, -0.1) is 0 Å². The highest BCUT2D eigenvalue weighted by Gasteiger charge is 2.14. The minimum Gasteiger partial charge on any atom is -0.345 e. The summed E-state index contributed by atoms with van der Waals surface area (Å²) in [5, 5.41) is 3.53. The summed E-state index contributed by atoms with van der Waals surface area (Å²) in [5.41, 5.74) is 1.17. The fourth-order valence-corrected chi connectivity index (χ4v) is 2.26. The molecule has 90 valence electrons. The average Bonchev–Trinajstić information content (AvgIpc) is 2.87. The first-order valence-electron chi connectivity index (χ1n) is 6.20. The second kappa shape index (κ2) is 5.46. The van der Waals surface area contributed by atoms with Crippen LogP contribution in [0, 0.1) is 6.92 Å². The number of likely N-dealkylation sites (tertiary alicyclic amines) is 1. The van der Waals surface area contributed by atoms with Gasteiger partial charge >= 0.3 is 0 Å². The summed E-state index contributed by atoms with van der Waals surface area (Å²) >= 11 is 0. The minimum atomic E-state index is 0.543. The zero-order chi connectivity index (χ0) is 11.4. The SMILES string of the molecule is Cc1ncc(CNC(C)CN2CCCC2)[nH]1. The Labute approximate surface area is 97.4 Å². The molecule has 1 aromatic rings. The predicted molar refractivity (Wildman–Crippen MR) is 65.3 cm³/mol. The van der Waals surface area contributed by atoms with Crippen molar-refractivity contribution in [2.75, 3.05) is 19.6 Å². The van der Waals surface area contributed by atoms with Gasteiger partial charge in [0.25, 0.3) is 0 Å². The summed E-state index contributed by atoms with van der Waals surface area (Å²) in [6.07, 6.45) is 4.64. The molecule has 4 heteroatoms. The molecule has 1 atom stereocenters. The van der Waals surface area contributed by atoms with E-state index in [-0.39, 0.29) is 0 Å². The fraction of sp³-hybridized carbons (Fsp3) is 0.750. The lowest BCUT2D eigenvalue weighted by Crippen LogP contribution is -2.37. The van der Waals surface area contributed by atoms with Crippen LogP contribution in [-0.4, -0.2) is 40.5 Å². The lowest BCUT2D eigenvalue weighted by molar-refractivity contribution is 0.298. The molecule has 1 saturated heterocycles. The number of aryl methyl sites for hydroxylation is 1. The van der Waals surface area contributed by atoms with Crippen LogP contribution in [0.25, 0.3) is 0 Å². The van der Waals surface area contributed by atoms with E-state index in [4.69, 9.17) is 0 Å². The van der Waals surface area contributed by atoms with Crippen LogP contribution in [0.4, 0.5) is 0 Å². The molecule has 2 heterocycles. The van der Waals surface area contributed by atoms with Gasteiger partial charge in [0.1, 0.15) is 5.82 Å². The second-order valence-electron chi connectivity index (χ2n) is 4.78. The average molecular weight is 222 g/mol. The Kier molecular flexibility index (Phi) is 3.96. The van der Waals surface area contributed by atoms with Crippen LogP contribution < -0.4 is 5.32 Å². The molecular formula is C12H22N4. The van der Waals surface area contributed by atoms with E-state index in [0.717, 1.165) is 18.9 Å².